The summed E-state index contributed by atoms with van der Waals surface area (Å²) in [5.74, 6) is 3.99. The number of nitrogens with two attached hydrogens (primary N) is 1. The number of hydrogen-bond acceptors (Lipinski definition) is 4. The molecule has 0 radical (unpaired) electrons. The first kappa shape index (κ1) is 10.2. The molecule has 0 unspecified atom stereocenters. The Morgan fingerprint density at radius 2 is 2.09 bits per heavy atom. The van der Waals surface area contributed by atoms with E-state index in [1.807, 2.05) is 6.26 Å². The Balaban J connectivity index is 3.44. The summed E-state index contributed by atoms with van der Waals surface area (Å²) < 4.78 is 0. The zero-order valence-electron chi connectivity index (χ0n) is 6.22. The molecule has 0 aliphatic heterocycles. The second-order valence-electron chi connectivity index (χ2n) is 1.72. The van der Waals surface area contributed by atoms with E-state index in [1.54, 1.807) is 17.2 Å². The lowest BCUT2D eigenvalue weighted by Gasteiger charge is -2.00. The van der Waals surface area contributed by atoms with Gasteiger partial charge in [-0.2, -0.15) is 11.8 Å². The number of thioether (sulfide) groups is 1. The molecule has 0 rings (SSSR count). The van der Waals surface area contributed by atoms with Crippen molar-refractivity contribution in [2.45, 2.75) is 0 Å². The standard InChI is InChI=1S/C5H11N3O2S/c1-11-3-2-7-4(9)5(10)8-6/h2-3,6H2,1H3,(H,7,9)(H,8,10). The van der Waals surface area contributed by atoms with E-state index in [4.69, 9.17) is 5.84 Å². The van der Waals surface area contributed by atoms with Crippen LogP contribution in [0.4, 0.5) is 0 Å². The molecule has 0 atom stereocenters. The molecular formula is C5H11N3O2S. The van der Waals surface area contributed by atoms with Crippen molar-refractivity contribution in [2.24, 2.45) is 5.84 Å². The van der Waals surface area contributed by atoms with Gasteiger partial charge in [-0.15, -0.1) is 0 Å². The van der Waals surface area contributed by atoms with Crippen molar-refractivity contribution in [3.63, 3.8) is 0 Å². The van der Waals surface area contributed by atoms with Gasteiger partial charge in [-0.3, -0.25) is 15.0 Å². The highest BCUT2D eigenvalue weighted by Gasteiger charge is 2.09. The van der Waals surface area contributed by atoms with Crippen molar-refractivity contribution in [1.29, 1.82) is 0 Å². The smallest absolute Gasteiger partial charge is 0.323 e. The molecule has 0 heterocycles. The number of carbonyl (C=O) groups excluding carboxylic acids is 2. The summed E-state index contributed by atoms with van der Waals surface area (Å²) in [5.41, 5.74) is 1.73. The van der Waals surface area contributed by atoms with E-state index in [9.17, 15) is 9.59 Å². The lowest BCUT2D eigenvalue weighted by atomic mass is 10.5. The maximum Gasteiger partial charge on any atom is 0.323 e. The average Bonchev–Trinajstić information content (AvgIpc) is 2.03. The van der Waals surface area contributed by atoms with Crippen LogP contribution in [0.2, 0.25) is 0 Å². The summed E-state index contributed by atoms with van der Waals surface area (Å²) in [6, 6.07) is 0. The van der Waals surface area contributed by atoms with E-state index in [-0.39, 0.29) is 0 Å². The van der Waals surface area contributed by atoms with E-state index in [0.717, 1.165) is 5.75 Å². The van der Waals surface area contributed by atoms with Gasteiger partial charge in [0.25, 0.3) is 0 Å². The van der Waals surface area contributed by atoms with E-state index in [2.05, 4.69) is 5.32 Å². The predicted octanol–water partition coefficient (Wildman–Crippen LogP) is -1.54. The molecular weight excluding hydrogens is 166 g/mol. The second-order valence-corrected chi connectivity index (χ2v) is 2.71. The molecule has 4 N–H and O–H groups in total. The Bertz CT molecular complexity index is 151. The normalized spacial score (nSPS) is 8.91. The van der Waals surface area contributed by atoms with Crippen LogP contribution in [-0.2, 0) is 9.59 Å². The summed E-state index contributed by atoms with van der Waals surface area (Å²) in [6.07, 6.45) is 1.91. The summed E-state index contributed by atoms with van der Waals surface area (Å²) in [4.78, 5) is 21.1. The third kappa shape index (κ3) is 4.63. The number of hydrazine groups is 1. The first-order chi connectivity index (χ1) is 5.22. The van der Waals surface area contributed by atoms with Crippen LogP contribution in [-0.4, -0.2) is 30.4 Å². The Kier molecular flexibility index (Phi) is 5.58. The van der Waals surface area contributed by atoms with Gasteiger partial charge in [0.1, 0.15) is 0 Å². The Morgan fingerprint density at radius 1 is 1.45 bits per heavy atom. The highest BCUT2D eigenvalue weighted by Crippen LogP contribution is 1.86. The van der Waals surface area contributed by atoms with Crippen LogP contribution in [0.25, 0.3) is 0 Å². The minimum atomic E-state index is -0.814. The first-order valence-electron chi connectivity index (χ1n) is 3.00. The van der Waals surface area contributed by atoms with Gasteiger partial charge in [0.2, 0.25) is 0 Å². The van der Waals surface area contributed by atoms with Crippen molar-refractivity contribution >= 4 is 23.6 Å². The second kappa shape index (κ2) is 5.99. The number of hydrogen-bond donors (Lipinski definition) is 3. The molecule has 0 aromatic rings. The summed E-state index contributed by atoms with van der Waals surface area (Å²) in [6.45, 7) is 0.480. The fraction of sp³-hybridized carbons (Fsp3) is 0.600. The van der Waals surface area contributed by atoms with Crippen LogP contribution < -0.4 is 16.6 Å². The van der Waals surface area contributed by atoms with Gasteiger partial charge in [-0.05, 0) is 6.26 Å². The zero-order chi connectivity index (χ0) is 8.69. The SMILES string of the molecule is CSCCNC(=O)C(=O)NN. The fourth-order valence-electron chi connectivity index (χ4n) is 0.412. The molecule has 64 valence electrons. The molecule has 2 amide bonds. The molecule has 0 saturated carbocycles. The minimum Gasteiger partial charge on any atom is -0.347 e. The largest absolute Gasteiger partial charge is 0.347 e. The van der Waals surface area contributed by atoms with Crippen LogP contribution in [0.15, 0.2) is 0 Å². The van der Waals surface area contributed by atoms with E-state index < -0.39 is 11.8 Å². The number of amides is 2. The zero-order valence-corrected chi connectivity index (χ0v) is 7.03. The summed E-state index contributed by atoms with van der Waals surface area (Å²) >= 11 is 1.59. The van der Waals surface area contributed by atoms with E-state index >= 15 is 0 Å². The van der Waals surface area contributed by atoms with Gasteiger partial charge in [0.15, 0.2) is 0 Å². The Morgan fingerprint density at radius 3 is 2.55 bits per heavy atom. The number of carbonyl (C=O) groups is 2. The third-order valence-corrected chi connectivity index (χ3v) is 1.54. The van der Waals surface area contributed by atoms with Gasteiger partial charge in [0.05, 0.1) is 0 Å². The van der Waals surface area contributed by atoms with Gasteiger partial charge in [0, 0.05) is 12.3 Å². The maximum atomic E-state index is 10.6. The van der Waals surface area contributed by atoms with Gasteiger partial charge in [-0.1, -0.05) is 0 Å². The Labute approximate surface area is 69.1 Å². The molecule has 0 aliphatic rings. The van der Waals surface area contributed by atoms with Crippen molar-refractivity contribution in [3.8, 4) is 0 Å². The van der Waals surface area contributed by atoms with Crippen LogP contribution in [0.5, 0.6) is 0 Å². The van der Waals surface area contributed by atoms with E-state index in [0.29, 0.717) is 6.54 Å². The van der Waals surface area contributed by atoms with Crippen molar-refractivity contribution in [2.75, 3.05) is 18.6 Å². The third-order valence-electron chi connectivity index (χ3n) is 0.929. The first-order valence-corrected chi connectivity index (χ1v) is 4.39. The topological polar surface area (TPSA) is 84.2 Å². The summed E-state index contributed by atoms with van der Waals surface area (Å²) in [5, 5.41) is 2.38. The van der Waals surface area contributed by atoms with Crippen LogP contribution in [0.1, 0.15) is 0 Å². The monoisotopic (exact) mass is 177 g/mol. The molecule has 11 heavy (non-hydrogen) atoms. The maximum absolute atomic E-state index is 10.6. The van der Waals surface area contributed by atoms with Crippen molar-refractivity contribution < 1.29 is 9.59 Å². The van der Waals surface area contributed by atoms with Gasteiger partial charge in [-0.25, -0.2) is 5.84 Å². The molecule has 0 aromatic heterocycles. The molecule has 0 saturated heterocycles. The molecule has 5 nitrogen and oxygen atoms in total. The molecule has 6 heteroatoms. The predicted molar refractivity (Wildman–Crippen MR) is 43.7 cm³/mol. The lowest BCUT2D eigenvalue weighted by Crippen LogP contribution is -2.43. The van der Waals surface area contributed by atoms with Gasteiger partial charge < -0.3 is 5.32 Å². The molecule has 0 fully saturated rings. The fourth-order valence-corrected chi connectivity index (χ4v) is 0.719. The summed E-state index contributed by atoms with van der Waals surface area (Å²) in [7, 11) is 0. The lowest BCUT2D eigenvalue weighted by molar-refractivity contribution is -0.139. The molecule has 0 aromatic carbocycles. The van der Waals surface area contributed by atoms with Crippen molar-refractivity contribution in [3.05, 3.63) is 0 Å². The molecule has 0 spiro atoms. The average molecular weight is 177 g/mol. The number of rotatable bonds is 3. The van der Waals surface area contributed by atoms with Crippen LogP contribution in [0, 0.1) is 0 Å². The highest BCUT2D eigenvalue weighted by atomic mass is 32.2. The minimum absolute atomic E-state index is 0.480. The van der Waals surface area contributed by atoms with Crippen LogP contribution in [0.3, 0.4) is 0 Å². The molecule has 0 aliphatic carbocycles. The van der Waals surface area contributed by atoms with Crippen LogP contribution >= 0.6 is 11.8 Å². The van der Waals surface area contributed by atoms with Crippen molar-refractivity contribution in [1.82, 2.24) is 10.7 Å². The molecule has 0 bridgehead atoms. The highest BCUT2D eigenvalue weighted by molar-refractivity contribution is 7.98. The van der Waals surface area contributed by atoms with E-state index in [1.165, 1.54) is 0 Å². The quantitative estimate of drug-likeness (QED) is 0.160. The van der Waals surface area contributed by atoms with Gasteiger partial charge >= 0.3 is 11.8 Å². The number of nitrogens with one attached hydrogen (secondary N) is 2. The Hall–Kier alpha value is -0.750.